The lowest BCUT2D eigenvalue weighted by Gasteiger charge is -2.27. The Labute approximate surface area is 183 Å². The van der Waals surface area contributed by atoms with Crippen molar-refractivity contribution in [2.24, 2.45) is 5.73 Å². The van der Waals surface area contributed by atoms with E-state index in [0.717, 1.165) is 22.9 Å². The van der Waals surface area contributed by atoms with Crippen molar-refractivity contribution in [3.8, 4) is 0 Å². The predicted molar refractivity (Wildman–Crippen MR) is 126 cm³/mol. The number of rotatable bonds is 8. The van der Waals surface area contributed by atoms with Crippen LogP contribution >= 0.6 is 11.6 Å². The van der Waals surface area contributed by atoms with Gasteiger partial charge < -0.3 is 22.1 Å². The van der Waals surface area contributed by atoms with Crippen LogP contribution in [0.5, 0.6) is 0 Å². The van der Waals surface area contributed by atoms with Crippen molar-refractivity contribution in [2.75, 3.05) is 32.9 Å². The molecule has 30 heavy (non-hydrogen) atoms. The molecule has 10 heteroatoms. The van der Waals surface area contributed by atoms with Crippen LogP contribution in [0.3, 0.4) is 0 Å². The van der Waals surface area contributed by atoms with Crippen LogP contribution in [-0.4, -0.2) is 34.6 Å². The lowest BCUT2D eigenvalue weighted by atomic mass is 10.2. The molecule has 3 rings (SSSR count). The summed E-state index contributed by atoms with van der Waals surface area (Å²) < 4.78 is 0. The van der Waals surface area contributed by atoms with Gasteiger partial charge in [0.2, 0.25) is 5.95 Å². The predicted octanol–water partition coefficient (Wildman–Crippen LogP) is 2.95. The van der Waals surface area contributed by atoms with E-state index in [-0.39, 0.29) is 18.1 Å². The van der Waals surface area contributed by atoms with Gasteiger partial charge in [-0.05, 0) is 52.3 Å². The SMILES string of the molecule is CC(N)CNc1nc(NCc2ccc(Cl)c(N)c2)c2c(n1)N(C(C)C)NN2C(C)C. The summed E-state index contributed by atoms with van der Waals surface area (Å²) in [6.07, 6.45) is 0. The van der Waals surface area contributed by atoms with Crippen LogP contribution in [-0.2, 0) is 6.54 Å². The molecule has 1 aliphatic heterocycles. The van der Waals surface area contributed by atoms with Gasteiger partial charge in [0, 0.05) is 31.2 Å². The molecular weight excluding hydrogens is 402 g/mol. The minimum atomic E-state index is -0.0122. The first-order valence-corrected chi connectivity index (χ1v) is 10.6. The Balaban J connectivity index is 1.98. The van der Waals surface area contributed by atoms with Crippen molar-refractivity contribution in [3.63, 3.8) is 0 Å². The number of benzene rings is 1. The molecule has 0 fully saturated rings. The van der Waals surface area contributed by atoms with E-state index < -0.39 is 0 Å². The summed E-state index contributed by atoms with van der Waals surface area (Å²) in [6, 6.07) is 6.00. The van der Waals surface area contributed by atoms with Gasteiger partial charge in [-0.2, -0.15) is 9.97 Å². The average molecular weight is 434 g/mol. The van der Waals surface area contributed by atoms with Gasteiger partial charge in [-0.25, -0.2) is 0 Å². The Hall–Kier alpha value is -2.49. The van der Waals surface area contributed by atoms with Gasteiger partial charge in [0.25, 0.3) is 0 Å². The number of hydrogen-bond acceptors (Lipinski definition) is 9. The molecule has 2 aromatic rings. The molecule has 0 bridgehead atoms. The summed E-state index contributed by atoms with van der Waals surface area (Å²) in [5.74, 6) is 2.08. The van der Waals surface area contributed by atoms with E-state index in [1.165, 1.54) is 0 Å². The van der Waals surface area contributed by atoms with Crippen molar-refractivity contribution in [1.29, 1.82) is 0 Å². The van der Waals surface area contributed by atoms with Gasteiger partial charge in [0.1, 0.15) is 5.69 Å². The minimum Gasteiger partial charge on any atom is -0.398 e. The highest BCUT2D eigenvalue weighted by Crippen LogP contribution is 2.40. The highest BCUT2D eigenvalue weighted by molar-refractivity contribution is 6.33. The topological polar surface area (TPSA) is 120 Å². The molecule has 1 atom stereocenters. The monoisotopic (exact) mass is 433 g/mol. The molecule has 0 saturated carbocycles. The number of hydrogen-bond donors (Lipinski definition) is 5. The summed E-state index contributed by atoms with van der Waals surface area (Å²) in [4.78, 5) is 9.51. The molecule has 1 aliphatic rings. The van der Waals surface area contributed by atoms with Crippen LogP contribution in [0.2, 0.25) is 5.02 Å². The lowest BCUT2D eigenvalue weighted by Crippen LogP contribution is -2.50. The Morgan fingerprint density at radius 1 is 1.07 bits per heavy atom. The smallest absolute Gasteiger partial charge is 0.226 e. The zero-order chi connectivity index (χ0) is 22.0. The van der Waals surface area contributed by atoms with Gasteiger partial charge in [0.05, 0.1) is 10.7 Å². The fourth-order valence-corrected chi connectivity index (χ4v) is 3.24. The van der Waals surface area contributed by atoms with Crippen molar-refractivity contribution in [1.82, 2.24) is 15.5 Å². The van der Waals surface area contributed by atoms with Crippen molar-refractivity contribution < 1.29 is 0 Å². The number of nitrogen functional groups attached to an aromatic ring is 1. The van der Waals surface area contributed by atoms with E-state index in [9.17, 15) is 0 Å². The van der Waals surface area contributed by atoms with Gasteiger partial charge in [0.15, 0.2) is 11.6 Å². The highest BCUT2D eigenvalue weighted by atomic mass is 35.5. The van der Waals surface area contributed by atoms with Crippen molar-refractivity contribution in [2.45, 2.75) is 59.3 Å². The first-order valence-electron chi connectivity index (χ1n) is 10.2. The quantitative estimate of drug-likeness (QED) is 0.400. The maximum atomic E-state index is 6.05. The molecule has 0 radical (unpaired) electrons. The normalized spacial score (nSPS) is 14.4. The Morgan fingerprint density at radius 2 is 1.77 bits per heavy atom. The number of halogens is 1. The van der Waals surface area contributed by atoms with E-state index in [1.54, 1.807) is 6.07 Å². The Kier molecular flexibility index (Phi) is 6.74. The van der Waals surface area contributed by atoms with Crippen molar-refractivity contribution in [3.05, 3.63) is 28.8 Å². The van der Waals surface area contributed by atoms with Gasteiger partial charge in [-0.3, -0.25) is 10.0 Å². The van der Waals surface area contributed by atoms with Crippen LogP contribution in [0.4, 0.5) is 29.0 Å². The first-order chi connectivity index (χ1) is 14.2. The number of nitrogens with zero attached hydrogens (tertiary/aromatic N) is 4. The summed E-state index contributed by atoms with van der Waals surface area (Å²) in [6.45, 7) is 11.5. The maximum absolute atomic E-state index is 6.05. The Morgan fingerprint density at radius 3 is 2.37 bits per heavy atom. The summed E-state index contributed by atoms with van der Waals surface area (Å²) in [5.41, 5.74) is 17.8. The number of nitrogens with one attached hydrogen (secondary N) is 3. The van der Waals surface area contributed by atoms with E-state index in [0.29, 0.717) is 29.7 Å². The van der Waals surface area contributed by atoms with Crippen LogP contribution < -0.4 is 37.7 Å². The van der Waals surface area contributed by atoms with E-state index in [2.05, 4.69) is 48.9 Å². The fourth-order valence-electron chi connectivity index (χ4n) is 3.12. The van der Waals surface area contributed by atoms with Crippen LogP contribution in [0.15, 0.2) is 18.2 Å². The van der Waals surface area contributed by atoms with E-state index >= 15 is 0 Å². The second kappa shape index (κ2) is 9.11. The van der Waals surface area contributed by atoms with Crippen LogP contribution in [0, 0.1) is 0 Å². The molecule has 1 unspecified atom stereocenters. The zero-order valence-corrected chi connectivity index (χ0v) is 19.0. The van der Waals surface area contributed by atoms with Crippen LogP contribution in [0.1, 0.15) is 40.2 Å². The van der Waals surface area contributed by atoms with Crippen molar-refractivity contribution >= 4 is 40.6 Å². The van der Waals surface area contributed by atoms with Crippen LogP contribution in [0.25, 0.3) is 0 Å². The average Bonchev–Trinajstić information content (AvgIpc) is 3.07. The molecule has 0 aliphatic carbocycles. The highest BCUT2D eigenvalue weighted by Gasteiger charge is 2.34. The molecule has 7 N–H and O–H groups in total. The number of anilines is 5. The molecule has 0 spiro atoms. The number of nitrogens with two attached hydrogens (primary N) is 2. The summed E-state index contributed by atoms with van der Waals surface area (Å²) in [5, 5.41) is 11.3. The van der Waals surface area contributed by atoms with Gasteiger partial charge in [-0.15, -0.1) is 5.53 Å². The maximum Gasteiger partial charge on any atom is 0.226 e. The fraction of sp³-hybridized carbons (Fsp3) is 0.500. The summed E-state index contributed by atoms with van der Waals surface area (Å²) >= 11 is 6.05. The molecular formula is C20H32ClN9. The molecule has 0 saturated heterocycles. The molecule has 9 nitrogen and oxygen atoms in total. The van der Waals surface area contributed by atoms with Gasteiger partial charge >= 0.3 is 0 Å². The zero-order valence-electron chi connectivity index (χ0n) is 18.2. The first kappa shape index (κ1) is 22.2. The van der Waals surface area contributed by atoms with Gasteiger partial charge in [-0.1, -0.05) is 17.7 Å². The molecule has 0 amide bonds. The van der Waals surface area contributed by atoms with E-state index in [4.69, 9.17) is 33.0 Å². The molecule has 1 aromatic carbocycles. The molecule has 164 valence electrons. The lowest BCUT2D eigenvalue weighted by molar-refractivity contribution is 0.524. The Bertz CT molecular complexity index is 885. The third-order valence-corrected chi connectivity index (χ3v) is 5.03. The molecule has 1 aromatic heterocycles. The number of aromatic nitrogens is 2. The third kappa shape index (κ3) is 4.80. The minimum absolute atomic E-state index is 0.0122. The van der Waals surface area contributed by atoms with E-state index in [1.807, 2.05) is 24.1 Å². The third-order valence-electron chi connectivity index (χ3n) is 4.69. The number of fused-ring (bicyclic) bond motifs is 1. The number of hydrazine groups is 2. The molecule has 2 heterocycles. The standard InChI is InChI=1S/C20H32ClN9/c1-11(2)29-17-18(24-10-14-6-7-15(21)16(23)8-14)26-20(25-9-13(5)22)27-19(17)30(28-29)12(3)4/h6-8,11-13,28H,9-10,22-23H2,1-5H3,(H2,24,25,26,27). The second-order valence-corrected chi connectivity index (χ2v) is 8.57. The second-order valence-electron chi connectivity index (χ2n) is 8.16. The summed E-state index contributed by atoms with van der Waals surface area (Å²) in [7, 11) is 0. The largest absolute Gasteiger partial charge is 0.398 e.